The zero-order valence-corrected chi connectivity index (χ0v) is 16.7. The van der Waals surface area contributed by atoms with Gasteiger partial charge in [0.1, 0.15) is 17.1 Å². The Bertz CT molecular complexity index is 780. The molecule has 1 aromatic heterocycles. The van der Waals surface area contributed by atoms with Crippen LogP contribution in [0.3, 0.4) is 0 Å². The van der Waals surface area contributed by atoms with Gasteiger partial charge in [-0.3, -0.25) is 4.90 Å². The molecule has 2 bridgehead atoms. The van der Waals surface area contributed by atoms with E-state index in [0.29, 0.717) is 35.6 Å². The lowest BCUT2D eigenvalue weighted by Gasteiger charge is -2.48. The molecule has 26 heavy (non-hydrogen) atoms. The molecule has 0 aliphatic carbocycles. The molecule has 1 fully saturated rings. The fraction of sp³-hybridized carbons (Fsp3) is 0.652. The summed E-state index contributed by atoms with van der Waals surface area (Å²) in [6, 6.07) is 6.75. The van der Waals surface area contributed by atoms with Crippen LogP contribution in [-0.4, -0.2) is 28.6 Å². The van der Waals surface area contributed by atoms with Crippen molar-refractivity contribution in [3.05, 3.63) is 29.5 Å². The topological polar surface area (TPSA) is 36.6 Å². The van der Waals surface area contributed by atoms with Gasteiger partial charge in [0.15, 0.2) is 0 Å². The van der Waals surface area contributed by atoms with E-state index in [1.54, 1.807) is 6.07 Å². The molecule has 0 spiro atoms. The van der Waals surface area contributed by atoms with Gasteiger partial charge in [-0.1, -0.05) is 40.5 Å². The highest BCUT2D eigenvalue weighted by molar-refractivity contribution is 5.84. The maximum Gasteiger partial charge on any atom is 0.134 e. The van der Waals surface area contributed by atoms with E-state index in [0.717, 1.165) is 17.4 Å². The summed E-state index contributed by atoms with van der Waals surface area (Å²) in [6.07, 6.45) is 5.92. The Hall–Kier alpha value is -1.48. The highest BCUT2D eigenvalue weighted by Gasteiger charge is 2.45. The predicted octanol–water partition coefficient (Wildman–Crippen LogP) is 5.70. The molecule has 1 N–H and O–H groups in total. The van der Waals surface area contributed by atoms with E-state index in [9.17, 15) is 5.11 Å². The number of piperidine rings is 1. The summed E-state index contributed by atoms with van der Waals surface area (Å²) >= 11 is 0. The molecule has 2 aliphatic heterocycles. The van der Waals surface area contributed by atoms with Gasteiger partial charge in [0.05, 0.1) is 0 Å². The van der Waals surface area contributed by atoms with E-state index in [1.807, 2.05) is 12.1 Å². The van der Waals surface area contributed by atoms with Gasteiger partial charge in [0.25, 0.3) is 0 Å². The number of furan rings is 1. The van der Waals surface area contributed by atoms with Crippen molar-refractivity contribution < 1.29 is 9.52 Å². The summed E-state index contributed by atoms with van der Waals surface area (Å²) in [5.41, 5.74) is 2.31. The molecule has 4 rings (SSSR count). The summed E-state index contributed by atoms with van der Waals surface area (Å²) in [5, 5.41) is 11.2. The Balaban J connectivity index is 1.90. The minimum Gasteiger partial charge on any atom is -0.508 e. The molecule has 6 atom stereocenters. The third-order valence-electron chi connectivity index (χ3n) is 6.87. The molecule has 2 aliphatic rings. The third kappa shape index (κ3) is 2.85. The van der Waals surface area contributed by atoms with Gasteiger partial charge >= 0.3 is 0 Å². The molecule has 142 valence electrons. The number of rotatable bonds is 4. The standard InChI is InChI=1S/C23H33NO2/c1-5-7-16-11-19-18-12-17(25)8-9-21(18)26-23(19)20-10-14(3)13-24(16)22(20)15(4)6-2/h8-9,12,14-16,20,22,25H,5-7,10-11,13H2,1-4H3/t14-,15?,16?,20?,22?/m0/s1. The summed E-state index contributed by atoms with van der Waals surface area (Å²) in [6.45, 7) is 10.7. The zero-order chi connectivity index (χ0) is 18.4. The lowest BCUT2D eigenvalue weighted by molar-refractivity contribution is 0.0192. The second-order valence-corrected chi connectivity index (χ2v) is 8.79. The number of phenolic OH excluding ortho intramolecular Hbond substituents is 1. The summed E-state index contributed by atoms with van der Waals surface area (Å²) in [7, 11) is 0. The summed E-state index contributed by atoms with van der Waals surface area (Å²) < 4.78 is 6.47. The van der Waals surface area contributed by atoms with Crippen LogP contribution in [0.2, 0.25) is 0 Å². The van der Waals surface area contributed by atoms with Gasteiger partial charge in [0, 0.05) is 35.5 Å². The van der Waals surface area contributed by atoms with Crippen LogP contribution in [0.5, 0.6) is 5.75 Å². The average molecular weight is 356 g/mol. The van der Waals surface area contributed by atoms with Gasteiger partial charge in [-0.15, -0.1) is 0 Å². The molecule has 1 aromatic carbocycles. The van der Waals surface area contributed by atoms with E-state index in [-0.39, 0.29) is 0 Å². The fourth-order valence-electron chi connectivity index (χ4n) is 5.60. The fourth-order valence-corrected chi connectivity index (χ4v) is 5.60. The molecule has 0 radical (unpaired) electrons. The molecule has 3 nitrogen and oxygen atoms in total. The monoisotopic (exact) mass is 355 g/mol. The Labute approximate surface area is 157 Å². The van der Waals surface area contributed by atoms with Crippen molar-refractivity contribution in [2.75, 3.05) is 6.54 Å². The Morgan fingerprint density at radius 3 is 2.85 bits per heavy atom. The van der Waals surface area contributed by atoms with Crippen LogP contribution in [-0.2, 0) is 6.42 Å². The van der Waals surface area contributed by atoms with Crippen LogP contribution in [0, 0.1) is 11.8 Å². The Morgan fingerprint density at radius 1 is 1.31 bits per heavy atom. The number of phenols is 1. The molecule has 5 unspecified atom stereocenters. The second kappa shape index (κ2) is 6.92. The van der Waals surface area contributed by atoms with Crippen LogP contribution >= 0.6 is 0 Å². The van der Waals surface area contributed by atoms with Crippen LogP contribution in [0.4, 0.5) is 0 Å². The maximum atomic E-state index is 10.0. The Kier molecular flexibility index (Phi) is 4.77. The van der Waals surface area contributed by atoms with Crippen LogP contribution in [0.15, 0.2) is 22.6 Å². The number of hydrogen-bond donors (Lipinski definition) is 1. The van der Waals surface area contributed by atoms with Crippen molar-refractivity contribution in [1.82, 2.24) is 4.90 Å². The van der Waals surface area contributed by atoms with Gasteiger partial charge in [-0.25, -0.2) is 0 Å². The van der Waals surface area contributed by atoms with Crippen molar-refractivity contribution in [1.29, 1.82) is 0 Å². The smallest absolute Gasteiger partial charge is 0.134 e. The van der Waals surface area contributed by atoms with Crippen molar-refractivity contribution in [3.8, 4) is 5.75 Å². The molecular weight excluding hydrogens is 322 g/mol. The second-order valence-electron chi connectivity index (χ2n) is 8.79. The molecule has 3 heterocycles. The molecule has 0 amide bonds. The lowest BCUT2D eigenvalue weighted by atomic mass is 9.76. The van der Waals surface area contributed by atoms with E-state index in [1.165, 1.54) is 43.6 Å². The first-order valence-electron chi connectivity index (χ1n) is 10.5. The number of aromatic hydroxyl groups is 1. The molecular formula is C23H33NO2. The van der Waals surface area contributed by atoms with E-state index in [2.05, 4.69) is 32.6 Å². The molecule has 1 saturated heterocycles. The Morgan fingerprint density at radius 2 is 2.12 bits per heavy atom. The summed E-state index contributed by atoms with van der Waals surface area (Å²) in [5.74, 6) is 3.39. The zero-order valence-electron chi connectivity index (χ0n) is 16.7. The molecule has 3 heteroatoms. The van der Waals surface area contributed by atoms with Crippen molar-refractivity contribution in [2.45, 2.75) is 77.8 Å². The van der Waals surface area contributed by atoms with Crippen molar-refractivity contribution in [3.63, 3.8) is 0 Å². The number of fused-ring (bicyclic) bond motifs is 6. The first kappa shape index (κ1) is 17.9. The minimum absolute atomic E-state index is 0.340. The first-order valence-corrected chi connectivity index (χ1v) is 10.5. The van der Waals surface area contributed by atoms with E-state index in [4.69, 9.17) is 4.42 Å². The largest absolute Gasteiger partial charge is 0.508 e. The normalized spacial score (nSPS) is 32.2. The number of hydrogen-bond acceptors (Lipinski definition) is 3. The first-order chi connectivity index (χ1) is 12.5. The van der Waals surface area contributed by atoms with Gasteiger partial charge in [-0.05, 0) is 49.3 Å². The highest BCUT2D eigenvalue weighted by atomic mass is 16.3. The maximum absolute atomic E-state index is 10.0. The lowest BCUT2D eigenvalue weighted by Crippen LogP contribution is -2.53. The average Bonchev–Trinajstić information content (AvgIpc) is 2.94. The van der Waals surface area contributed by atoms with E-state index < -0.39 is 0 Å². The molecule has 2 aromatic rings. The van der Waals surface area contributed by atoms with Crippen LogP contribution in [0.1, 0.15) is 70.6 Å². The quantitative estimate of drug-likeness (QED) is 0.764. The predicted molar refractivity (Wildman–Crippen MR) is 107 cm³/mol. The number of nitrogens with zero attached hydrogens (tertiary/aromatic N) is 1. The minimum atomic E-state index is 0.340. The van der Waals surface area contributed by atoms with Crippen molar-refractivity contribution >= 4 is 11.0 Å². The van der Waals surface area contributed by atoms with E-state index >= 15 is 0 Å². The van der Waals surface area contributed by atoms with Gasteiger partial charge in [-0.2, -0.15) is 0 Å². The van der Waals surface area contributed by atoms with Crippen molar-refractivity contribution in [2.24, 2.45) is 11.8 Å². The van der Waals surface area contributed by atoms with Crippen LogP contribution in [0.25, 0.3) is 11.0 Å². The van der Waals surface area contributed by atoms with Gasteiger partial charge in [0.2, 0.25) is 0 Å². The summed E-state index contributed by atoms with van der Waals surface area (Å²) in [4.78, 5) is 2.83. The highest BCUT2D eigenvalue weighted by Crippen LogP contribution is 2.48. The third-order valence-corrected chi connectivity index (χ3v) is 6.87. The SMILES string of the molecule is CCCC1Cc2c(oc3ccc(O)cc23)C2C[C@H](C)CN1C2C(C)CC. The molecule has 0 saturated carbocycles. The van der Waals surface area contributed by atoms with Gasteiger partial charge < -0.3 is 9.52 Å². The number of benzene rings is 1. The van der Waals surface area contributed by atoms with Crippen LogP contribution < -0.4 is 0 Å².